The number of carboxylic acid groups (broad SMARTS) is 1. The van der Waals surface area contributed by atoms with Gasteiger partial charge in [-0.25, -0.2) is 4.39 Å². The van der Waals surface area contributed by atoms with Crippen LogP contribution >= 0.6 is 15.9 Å². The second kappa shape index (κ2) is 7.22. The van der Waals surface area contributed by atoms with Crippen LogP contribution < -0.4 is 0 Å². The second-order valence-corrected chi connectivity index (χ2v) is 6.67. The fourth-order valence-corrected chi connectivity index (χ4v) is 3.22. The molecule has 1 aromatic carbocycles. The Morgan fingerprint density at radius 3 is 2.86 bits per heavy atom. The van der Waals surface area contributed by atoms with Crippen LogP contribution in [-0.2, 0) is 16.0 Å². The van der Waals surface area contributed by atoms with Gasteiger partial charge in [0.05, 0.1) is 10.4 Å². The first-order chi connectivity index (χ1) is 10.4. The van der Waals surface area contributed by atoms with Gasteiger partial charge in [-0.05, 0) is 52.9 Å². The maximum absolute atomic E-state index is 13.2. The topological polar surface area (TPSA) is 57.6 Å². The molecule has 6 heteroatoms. The highest BCUT2D eigenvalue weighted by molar-refractivity contribution is 9.10. The van der Waals surface area contributed by atoms with Crippen LogP contribution in [0.4, 0.5) is 4.39 Å². The summed E-state index contributed by atoms with van der Waals surface area (Å²) in [6.45, 7) is 2.72. The Bertz CT molecular complexity index is 579. The number of halogens is 2. The van der Waals surface area contributed by atoms with Crippen molar-refractivity contribution >= 4 is 27.8 Å². The highest BCUT2D eigenvalue weighted by Crippen LogP contribution is 2.22. The van der Waals surface area contributed by atoms with Gasteiger partial charge < -0.3 is 10.0 Å². The van der Waals surface area contributed by atoms with Crippen LogP contribution in [0.15, 0.2) is 22.7 Å². The average Bonchev–Trinajstić information content (AvgIpc) is 2.50. The van der Waals surface area contributed by atoms with Crippen molar-refractivity contribution in [2.75, 3.05) is 13.1 Å². The smallest absolute Gasteiger partial charge is 0.308 e. The summed E-state index contributed by atoms with van der Waals surface area (Å²) in [5, 5.41) is 9.09. The minimum Gasteiger partial charge on any atom is -0.481 e. The van der Waals surface area contributed by atoms with E-state index in [2.05, 4.69) is 15.9 Å². The number of rotatable bonds is 4. The third-order valence-corrected chi connectivity index (χ3v) is 4.64. The van der Waals surface area contributed by atoms with Gasteiger partial charge in [0.25, 0.3) is 0 Å². The summed E-state index contributed by atoms with van der Waals surface area (Å²) in [5.41, 5.74) is 0.876. The van der Waals surface area contributed by atoms with E-state index in [4.69, 9.17) is 5.11 Å². The maximum Gasteiger partial charge on any atom is 0.308 e. The molecule has 1 aliphatic heterocycles. The molecule has 1 heterocycles. The van der Waals surface area contributed by atoms with Gasteiger partial charge in [-0.2, -0.15) is 0 Å². The fraction of sp³-hybridized carbons (Fsp3) is 0.500. The van der Waals surface area contributed by atoms with Gasteiger partial charge in [0.15, 0.2) is 0 Å². The molecule has 120 valence electrons. The number of carbonyl (C=O) groups is 2. The van der Waals surface area contributed by atoms with Crippen molar-refractivity contribution in [3.8, 4) is 0 Å². The van der Waals surface area contributed by atoms with Gasteiger partial charge in [0.2, 0.25) is 5.91 Å². The minimum atomic E-state index is -0.840. The van der Waals surface area contributed by atoms with E-state index in [-0.39, 0.29) is 24.2 Å². The zero-order valence-corrected chi connectivity index (χ0v) is 14.0. The number of benzene rings is 1. The highest BCUT2D eigenvalue weighted by Gasteiger charge is 2.30. The van der Waals surface area contributed by atoms with Gasteiger partial charge in [-0.3, -0.25) is 9.59 Å². The summed E-state index contributed by atoms with van der Waals surface area (Å²) in [6.07, 6.45) is 1.85. The molecule has 1 aliphatic rings. The van der Waals surface area contributed by atoms with E-state index in [1.807, 2.05) is 6.92 Å². The van der Waals surface area contributed by atoms with Crippen LogP contribution in [0.25, 0.3) is 0 Å². The largest absolute Gasteiger partial charge is 0.481 e. The molecule has 22 heavy (non-hydrogen) atoms. The number of hydrogen-bond donors (Lipinski definition) is 1. The molecule has 1 aromatic rings. The lowest BCUT2D eigenvalue weighted by Crippen LogP contribution is -2.44. The summed E-state index contributed by atoms with van der Waals surface area (Å²) < 4.78 is 13.6. The monoisotopic (exact) mass is 371 g/mol. The quantitative estimate of drug-likeness (QED) is 0.884. The molecule has 1 N–H and O–H groups in total. The lowest BCUT2D eigenvalue weighted by Gasteiger charge is -2.32. The summed E-state index contributed by atoms with van der Waals surface area (Å²) in [4.78, 5) is 25.2. The van der Waals surface area contributed by atoms with Gasteiger partial charge in [0.1, 0.15) is 5.82 Å². The van der Waals surface area contributed by atoms with Crippen LogP contribution in [0.2, 0.25) is 0 Å². The van der Waals surface area contributed by atoms with Crippen molar-refractivity contribution in [3.63, 3.8) is 0 Å². The number of hydrogen-bond acceptors (Lipinski definition) is 2. The van der Waals surface area contributed by atoms with E-state index >= 15 is 0 Å². The van der Waals surface area contributed by atoms with E-state index in [1.54, 1.807) is 17.0 Å². The van der Waals surface area contributed by atoms with Gasteiger partial charge in [0, 0.05) is 19.0 Å². The molecule has 0 aliphatic carbocycles. The molecule has 0 saturated carbocycles. The van der Waals surface area contributed by atoms with E-state index in [1.165, 1.54) is 6.07 Å². The van der Waals surface area contributed by atoms with Gasteiger partial charge >= 0.3 is 5.97 Å². The Morgan fingerprint density at radius 2 is 2.23 bits per heavy atom. The Kier molecular flexibility index (Phi) is 5.56. The Labute approximate surface area is 137 Å². The predicted octanol–water partition coefficient (Wildman–Crippen LogP) is 3.09. The second-order valence-electron chi connectivity index (χ2n) is 5.82. The Balaban J connectivity index is 1.99. The van der Waals surface area contributed by atoms with Crippen LogP contribution in [0, 0.1) is 17.7 Å². The van der Waals surface area contributed by atoms with Crippen LogP contribution in [0.1, 0.15) is 25.3 Å². The van der Waals surface area contributed by atoms with E-state index in [9.17, 15) is 14.0 Å². The lowest BCUT2D eigenvalue weighted by atomic mass is 9.95. The molecule has 1 fully saturated rings. The maximum atomic E-state index is 13.2. The van der Waals surface area contributed by atoms with E-state index in [0.717, 1.165) is 12.0 Å². The van der Waals surface area contributed by atoms with E-state index < -0.39 is 11.9 Å². The molecule has 4 nitrogen and oxygen atoms in total. The molecule has 2 atom stereocenters. The standard InChI is InChI=1S/C16H19BrFNO3/c1-10(7-11-4-5-14(18)13(17)8-11)15(20)19-6-2-3-12(9-19)16(21)22/h4-5,8,10,12H,2-3,6-7,9H2,1H3,(H,21,22)/t10-,12+/m1/s1. The highest BCUT2D eigenvalue weighted by atomic mass is 79.9. The molecule has 1 saturated heterocycles. The first-order valence-corrected chi connectivity index (χ1v) is 8.13. The molecule has 0 radical (unpaired) electrons. The van der Waals surface area contributed by atoms with E-state index in [0.29, 0.717) is 23.9 Å². The first-order valence-electron chi connectivity index (χ1n) is 7.34. The van der Waals surface area contributed by atoms with Crippen molar-refractivity contribution in [3.05, 3.63) is 34.1 Å². The number of likely N-dealkylation sites (tertiary alicyclic amines) is 1. The number of piperidine rings is 1. The molecule has 0 bridgehead atoms. The average molecular weight is 372 g/mol. The van der Waals surface area contributed by atoms with Crippen molar-refractivity contribution in [2.45, 2.75) is 26.2 Å². The molecule has 0 aromatic heterocycles. The van der Waals surface area contributed by atoms with Crippen LogP contribution in [0.3, 0.4) is 0 Å². The van der Waals surface area contributed by atoms with Crippen molar-refractivity contribution in [2.24, 2.45) is 11.8 Å². The summed E-state index contributed by atoms with van der Waals surface area (Å²) in [6, 6.07) is 4.72. The number of aliphatic carboxylic acids is 1. The molecular weight excluding hydrogens is 353 g/mol. The molecular formula is C16H19BrFNO3. The zero-order chi connectivity index (χ0) is 16.3. The lowest BCUT2D eigenvalue weighted by molar-refractivity contribution is -0.146. The Hall–Kier alpha value is -1.43. The SMILES string of the molecule is C[C@H](Cc1ccc(F)c(Br)c1)C(=O)N1CCC[C@H](C(=O)O)C1. The summed E-state index contributed by atoms with van der Waals surface area (Å²) >= 11 is 3.14. The predicted molar refractivity (Wildman–Crippen MR) is 83.9 cm³/mol. The number of carbonyl (C=O) groups excluding carboxylic acids is 1. The molecule has 0 unspecified atom stereocenters. The van der Waals surface area contributed by atoms with Crippen LogP contribution in [-0.4, -0.2) is 35.0 Å². The number of nitrogens with zero attached hydrogens (tertiary/aromatic N) is 1. The fourth-order valence-electron chi connectivity index (χ4n) is 2.80. The zero-order valence-electron chi connectivity index (χ0n) is 12.4. The Morgan fingerprint density at radius 1 is 1.50 bits per heavy atom. The summed E-state index contributed by atoms with van der Waals surface area (Å²) in [7, 11) is 0. The van der Waals surface area contributed by atoms with Crippen LogP contribution in [0.5, 0.6) is 0 Å². The van der Waals surface area contributed by atoms with Gasteiger partial charge in [-0.1, -0.05) is 13.0 Å². The van der Waals surface area contributed by atoms with Crippen molar-refractivity contribution in [1.82, 2.24) is 4.90 Å². The summed E-state index contributed by atoms with van der Waals surface area (Å²) in [5.74, 6) is -1.93. The molecule has 1 amide bonds. The normalized spacial score (nSPS) is 19.8. The third kappa shape index (κ3) is 4.06. The van der Waals surface area contributed by atoms with Gasteiger partial charge in [-0.15, -0.1) is 0 Å². The minimum absolute atomic E-state index is 0.0357. The first kappa shape index (κ1) is 16.9. The number of carboxylic acids is 1. The third-order valence-electron chi connectivity index (χ3n) is 4.03. The number of amides is 1. The molecule has 2 rings (SSSR count). The van der Waals surface area contributed by atoms with Crippen molar-refractivity contribution < 1.29 is 19.1 Å². The van der Waals surface area contributed by atoms with Crippen molar-refractivity contribution in [1.29, 1.82) is 0 Å². The molecule has 0 spiro atoms.